The zero-order valence-electron chi connectivity index (χ0n) is 13.4. The zero-order chi connectivity index (χ0) is 16.2. The fraction of sp³-hybridized carbons (Fsp3) is 0.150. The van der Waals surface area contributed by atoms with Gasteiger partial charge < -0.3 is 9.55 Å². The second kappa shape index (κ2) is 6.41. The van der Waals surface area contributed by atoms with Gasteiger partial charge in [0, 0.05) is 34.2 Å². The van der Waals surface area contributed by atoms with Gasteiger partial charge in [0.25, 0.3) is 0 Å². The van der Waals surface area contributed by atoms with Crippen LogP contribution in [0.15, 0.2) is 60.9 Å². The first-order valence-electron chi connectivity index (χ1n) is 7.65. The molecule has 0 spiro atoms. The molecule has 0 radical (unpaired) electrons. The third-order valence-electron chi connectivity index (χ3n) is 4.02. The Kier molecular flexibility index (Phi) is 4.16. The third kappa shape index (κ3) is 2.97. The monoisotopic (exact) mass is 301 g/mol. The van der Waals surface area contributed by atoms with Crippen LogP contribution in [0.25, 0.3) is 21.8 Å². The maximum absolute atomic E-state index is 8.62. The molecule has 114 valence electrons. The van der Waals surface area contributed by atoms with Crippen LogP contribution in [0.5, 0.6) is 0 Å². The molecule has 2 aromatic heterocycles. The fourth-order valence-corrected chi connectivity index (χ4v) is 2.85. The lowest BCUT2D eigenvalue weighted by Crippen LogP contribution is -1.91. The predicted molar refractivity (Wildman–Crippen MR) is 95.3 cm³/mol. The van der Waals surface area contributed by atoms with Crippen molar-refractivity contribution in [3.05, 3.63) is 72.1 Å². The van der Waals surface area contributed by atoms with E-state index in [2.05, 4.69) is 49.2 Å². The Morgan fingerprint density at radius 2 is 1.65 bits per heavy atom. The highest BCUT2D eigenvalue weighted by Gasteiger charge is 2.02. The van der Waals surface area contributed by atoms with Crippen LogP contribution in [0.3, 0.4) is 0 Å². The minimum Gasteiger partial charge on any atom is -0.361 e. The molecular formula is C20H19N3. The van der Waals surface area contributed by atoms with Gasteiger partial charge in [-0.2, -0.15) is 5.26 Å². The number of rotatable bonds is 1. The van der Waals surface area contributed by atoms with Crippen LogP contribution in [0, 0.1) is 25.2 Å². The topological polar surface area (TPSA) is 44.5 Å². The Bertz CT molecular complexity index is 983. The van der Waals surface area contributed by atoms with Crippen molar-refractivity contribution < 1.29 is 0 Å². The van der Waals surface area contributed by atoms with Crippen molar-refractivity contribution in [2.75, 3.05) is 0 Å². The van der Waals surface area contributed by atoms with Crippen molar-refractivity contribution in [3.63, 3.8) is 0 Å². The van der Waals surface area contributed by atoms with E-state index in [1.165, 1.54) is 27.4 Å². The minimum atomic E-state index is 0.425. The maximum atomic E-state index is 8.62. The molecule has 1 N–H and O–H groups in total. The number of hydrogen-bond donors (Lipinski definition) is 1. The molecule has 0 amide bonds. The number of fused-ring (bicyclic) bond motifs is 2. The molecule has 3 heteroatoms. The SMILES string of the molecule is Cc1c[nH]c2ccccc12.Cc1cn(CC#N)c2ccccc12. The number of nitrogens with zero attached hydrogens (tertiary/aromatic N) is 2. The van der Waals surface area contributed by atoms with Crippen molar-refractivity contribution in [2.24, 2.45) is 0 Å². The fourth-order valence-electron chi connectivity index (χ4n) is 2.85. The van der Waals surface area contributed by atoms with Crippen LogP contribution < -0.4 is 0 Å². The zero-order valence-corrected chi connectivity index (χ0v) is 13.4. The van der Waals surface area contributed by atoms with Gasteiger partial charge in [0.1, 0.15) is 6.54 Å². The van der Waals surface area contributed by atoms with Crippen LogP contribution in [0.2, 0.25) is 0 Å². The molecule has 23 heavy (non-hydrogen) atoms. The number of para-hydroxylation sites is 2. The first kappa shape index (κ1) is 14.9. The maximum Gasteiger partial charge on any atom is 0.110 e. The molecule has 0 saturated carbocycles. The van der Waals surface area contributed by atoms with Gasteiger partial charge in [0.2, 0.25) is 0 Å². The molecule has 0 aliphatic carbocycles. The Hall–Kier alpha value is -2.99. The lowest BCUT2D eigenvalue weighted by Gasteiger charge is -1.96. The van der Waals surface area contributed by atoms with Crippen LogP contribution in [0.1, 0.15) is 11.1 Å². The van der Waals surface area contributed by atoms with E-state index in [1.54, 1.807) is 0 Å². The number of aryl methyl sites for hydroxylation is 2. The van der Waals surface area contributed by atoms with E-state index < -0.39 is 0 Å². The van der Waals surface area contributed by atoms with E-state index in [1.807, 2.05) is 41.2 Å². The van der Waals surface area contributed by atoms with Crippen molar-refractivity contribution in [1.82, 2.24) is 9.55 Å². The summed E-state index contributed by atoms with van der Waals surface area (Å²) in [4.78, 5) is 3.19. The summed E-state index contributed by atoms with van der Waals surface area (Å²) < 4.78 is 1.98. The van der Waals surface area contributed by atoms with Crippen LogP contribution in [-0.2, 0) is 6.54 Å². The highest BCUT2D eigenvalue weighted by Crippen LogP contribution is 2.19. The molecule has 0 atom stereocenters. The quantitative estimate of drug-likeness (QED) is 0.531. The molecule has 2 aromatic carbocycles. The normalized spacial score (nSPS) is 10.3. The average molecular weight is 301 g/mol. The Morgan fingerprint density at radius 1 is 0.957 bits per heavy atom. The molecular weight excluding hydrogens is 282 g/mol. The number of nitrogens with one attached hydrogen (secondary N) is 1. The first-order chi connectivity index (χ1) is 11.2. The van der Waals surface area contributed by atoms with Crippen molar-refractivity contribution >= 4 is 21.8 Å². The van der Waals surface area contributed by atoms with Gasteiger partial charge >= 0.3 is 0 Å². The largest absolute Gasteiger partial charge is 0.361 e. The summed E-state index contributed by atoms with van der Waals surface area (Å²) in [5.74, 6) is 0. The summed E-state index contributed by atoms with van der Waals surface area (Å²) in [5, 5.41) is 11.2. The molecule has 2 heterocycles. The number of aromatic nitrogens is 2. The molecule has 0 aliphatic heterocycles. The average Bonchev–Trinajstić information content (AvgIpc) is 3.11. The summed E-state index contributed by atoms with van der Waals surface area (Å²) in [7, 11) is 0. The van der Waals surface area contributed by atoms with E-state index in [4.69, 9.17) is 5.26 Å². The highest BCUT2D eigenvalue weighted by molar-refractivity contribution is 5.84. The van der Waals surface area contributed by atoms with Gasteiger partial charge in [-0.1, -0.05) is 36.4 Å². The van der Waals surface area contributed by atoms with Gasteiger partial charge in [-0.25, -0.2) is 0 Å². The summed E-state index contributed by atoms with van der Waals surface area (Å²) in [5.41, 5.74) is 4.91. The molecule has 0 aliphatic rings. The molecule has 4 rings (SSSR count). The van der Waals surface area contributed by atoms with Gasteiger partial charge in [-0.3, -0.25) is 0 Å². The molecule has 0 saturated heterocycles. The van der Waals surface area contributed by atoms with E-state index in [0.717, 1.165) is 5.52 Å². The van der Waals surface area contributed by atoms with Crippen LogP contribution >= 0.6 is 0 Å². The predicted octanol–water partition coefficient (Wildman–Crippen LogP) is 4.95. The molecule has 0 unspecified atom stereocenters. The third-order valence-corrected chi connectivity index (χ3v) is 4.02. The summed E-state index contributed by atoms with van der Waals surface area (Å²) in [6, 6.07) is 18.6. The lowest BCUT2D eigenvalue weighted by molar-refractivity contribution is 0.871. The number of hydrogen-bond acceptors (Lipinski definition) is 1. The second-order valence-electron chi connectivity index (χ2n) is 5.63. The Labute approximate surface area is 135 Å². The van der Waals surface area contributed by atoms with Gasteiger partial charge in [-0.05, 0) is 37.1 Å². The highest BCUT2D eigenvalue weighted by atomic mass is 14.9. The minimum absolute atomic E-state index is 0.425. The first-order valence-corrected chi connectivity index (χ1v) is 7.65. The molecule has 3 nitrogen and oxygen atoms in total. The van der Waals surface area contributed by atoms with E-state index in [-0.39, 0.29) is 0 Å². The Balaban J connectivity index is 0.000000140. The number of aromatic amines is 1. The smallest absolute Gasteiger partial charge is 0.110 e. The Morgan fingerprint density at radius 3 is 2.39 bits per heavy atom. The van der Waals surface area contributed by atoms with Crippen molar-refractivity contribution in [2.45, 2.75) is 20.4 Å². The van der Waals surface area contributed by atoms with Crippen molar-refractivity contribution in [3.8, 4) is 6.07 Å². The van der Waals surface area contributed by atoms with E-state index in [0.29, 0.717) is 6.54 Å². The van der Waals surface area contributed by atoms with Gasteiger partial charge in [0.05, 0.1) is 6.07 Å². The van der Waals surface area contributed by atoms with E-state index >= 15 is 0 Å². The number of H-pyrrole nitrogens is 1. The van der Waals surface area contributed by atoms with Crippen molar-refractivity contribution in [1.29, 1.82) is 5.26 Å². The summed E-state index contributed by atoms with van der Waals surface area (Å²) in [6.07, 6.45) is 4.05. The number of benzene rings is 2. The summed E-state index contributed by atoms with van der Waals surface area (Å²) >= 11 is 0. The summed E-state index contributed by atoms with van der Waals surface area (Å²) in [6.45, 7) is 4.60. The van der Waals surface area contributed by atoms with Gasteiger partial charge in [-0.15, -0.1) is 0 Å². The molecule has 0 fully saturated rings. The standard InChI is InChI=1S/C11H10N2.C9H9N/c1-9-8-13(7-6-12)11-5-3-2-4-10(9)11;1-7-6-10-9-5-3-2-4-8(7)9/h2-5,8H,7H2,1H3;2-6,10H,1H3. The molecule has 0 bridgehead atoms. The molecule has 4 aromatic rings. The number of nitriles is 1. The van der Waals surface area contributed by atoms with Gasteiger partial charge in [0.15, 0.2) is 0 Å². The second-order valence-corrected chi connectivity index (χ2v) is 5.63. The van der Waals surface area contributed by atoms with Crippen LogP contribution in [-0.4, -0.2) is 9.55 Å². The van der Waals surface area contributed by atoms with Crippen LogP contribution in [0.4, 0.5) is 0 Å². The lowest BCUT2D eigenvalue weighted by atomic mass is 10.2. The van der Waals surface area contributed by atoms with E-state index in [9.17, 15) is 0 Å².